The highest BCUT2D eigenvalue weighted by molar-refractivity contribution is 7.18. The van der Waals surface area contributed by atoms with Gasteiger partial charge in [0.05, 0.1) is 11.1 Å². The molecule has 0 aliphatic rings. The first-order chi connectivity index (χ1) is 10.1. The van der Waals surface area contributed by atoms with Crippen molar-refractivity contribution in [3.8, 4) is 11.8 Å². The van der Waals surface area contributed by atoms with Crippen LogP contribution in [0, 0.1) is 13.8 Å². The molecule has 0 spiro atoms. The second-order valence-corrected chi connectivity index (χ2v) is 6.04. The maximum Gasteiger partial charge on any atom is 0.234 e. The van der Waals surface area contributed by atoms with Gasteiger partial charge in [-0.2, -0.15) is 10.1 Å². The van der Waals surface area contributed by atoms with E-state index >= 15 is 0 Å². The molecular formula is C14H17N5OS. The summed E-state index contributed by atoms with van der Waals surface area (Å²) in [5.74, 6) is 1.81. The third kappa shape index (κ3) is 2.69. The lowest BCUT2D eigenvalue weighted by Gasteiger charge is -2.08. The molecule has 0 aliphatic heterocycles. The molecule has 21 heavy (non-hydrogen) atoms. The molecule has 0 amide bonds. The summed E-state index contributed by atoms with van der Waals surface area (Å²) in [7, 11) is 1.85. The maximum atomic E-state index is 5.96. The predicted molar refractivity (Wildman–Crippen MR) is 84.3 cm³/mol. The number of rotatable bonds is 4. The van der Waals surface area contributed by atoms with E-state index in [-0.39, 0.29) is 0 Å². The Morgan fingerprint density at radius 1 is 1.29 bits per heavy atom. The van der Waals surface area contributed by atoms with Crippen LogP contribution in [-0.2, 0) is 7.05 Å². The number of thiophene rings is 1. The van der Waals surface area contributed by atoms with Crippen molar-refractivity contribution < 1.29 is 4.74 Å². The molecule has 0 bridgehead atoms. The molecule has 0 fully saturated rings. The normalized spacial score (nSPS) is 11.0. The molecule has 0 aliphatic carbocycles. The Labute approximate surface area is 126 Å². The summed E-state index contributed by atoms with van der Waals surface area (Å²) in [4.78, 5) is 11.1. The molecule has 7 heteroatoms. The lowest BCUT2D eigenvalue weighted by Crippen LogP contribution is -2.03. The number of fused-ring (bicyclic) bond motifs is 1. The summed E-state index contributed by atoms with van der Waals surface area (Å²) in [5, 5.41) is 8.35. The van der Waals surface area contributed by atoms with Crippen LogP contribution in [0.15, 0.2) is 12.1 Å². The molecule has 3 heterocycles. The Bertz CT molecular complexity index is 792. The van der Waals surface area contributed by atoms with E-state index < -0.39 is 0 Å². The van der Waals surface area contributed by atoms with Gasteiger partial charge in [-0.1, -0.05) is 0 Å². The molecule has 0 atom stereocenters. The Hall–Kier alpha value is -2.15. The maximum absolute atomic E-state index is 5.96. The number of ether oxygens (including phenoxy) is 1. The van der Waals surface area contributed by atoms with Gasteiger partial charge in [-0.05, 0) is 26.8 Å². The molecule has 0 saturated heterocycles. The Balaban J connectivity index is 2.08. The summed E-state index contributed by atoms with van der Waals surface area (Å²) in [6.07, 6.45) is 0. The highest BCUT2D eigenvalue weighted by Gasteiger charge is 2.14. The molecular weight excluding hydrogens is 286 g/mol. The van der Waals surface area contributed by atoms with E-state index in [9.17, 15) is 0 Å². The van der Waals surface area contributed by atoms with Gasteiger partial charge in [0.2, 0.25) is 17.7 Å². The highest BCUT2D eigenvalue weighted by atomic mass is 32.1. The second-order valence-electron chi connectivity index (χ2n) is 4.81. The second kappa shape index (κ2) is 5.33. The number of aryl methyl sites for hydroxylation is 3. The fourth-order valence-corrected chi connectivity index (χ4v) is 2.98. The number of hydrogen-bond acceptors (Lipinski definition) is 6. The molecule has 0 unspecified atom stereocenters. The number of aromatic nitrogens is 4. The summed E-state index contributed by atoms with van der Waals surface area (Å²) in [5.41, 5.74) is 0.909. The van der Waals surface area contributed by atoms with Gasteiger partial charge in [0, 0.05) is 24.5 Å². The number of anilines is 1. The summed E-state index contributed by atoms with van der Waals surface area (Å²) < 4.78 is 7.66. The number of nitrogens with zero attached hydrogens (tertiary/aromatic N) is 4. The average Bonchev–Trinajstić information content (AvgIpc) is 2.92. The topological polar surface area (TPSA) is 64.9 Å². The first-order valence-corrected chi connectivity index (χ1v) is 7.59. The van der Waals surface area contributed by atoms with Crippen molar-refractivity contribution in [3.63, 3.8) is 0 Å². The van der Waals surface area contributed by atoms with Crippen LogP contribution in [0.1, 0.15) is 17.5 Å². The zero-order chi connectivity index (χ0) is 15.0. The average molecular weight is 303 g/mol. The first-order valence-electron chi connectivity index (χ1n) is 6.77. The van der Waals surface area contributed by atoms with E-state index in [1.807, 2.05) is 33.0 Å². The molecule has 0 aromatic carbocycles. The van der Waals surface area contributed by atoms with Crippen molar-refractivity contribution in [3.05, 3.63) is 22.7 Å². The van der Waals surface area contributed by atoms with Crippen molar-refractivity contribution in [2.24, 2.45) is 7.05 Å². The third-order valence-electron chi connectivity index (χ3n) is 2.98. The van der Waals surface area contributed by atoms with Gasteiger partial charge < -0.3 is 10.1 Å². The summed E-state index contributed by atoms with van der Waals surface area (Å²) >= 11 is 1.63. The van der Waals surface area contributed by atoms with Crippen molar-refractivity contribution >= 4 is 27.5 Å². The van der Waals surface area contributed by atoms with E-state index in [0.717, 1.165) is 22.5 Å². The molecule has 0 saturated carbocycles. The fraction of sp³-hybridized carbons (Fsp3) is 0.357. The minimum atomic E-state index is 0.559. The van der Waals surface area contributed by atoms with E-state index in [1.165, 1.54) is 4.88 Å². The molecule has 3 aromatic rings. The summed E-state index contributed by atoms with van der Waals surface area (Å²) in [6, 6.07) is 3.94. The molecule has 1 N–H and O–H groups in total. The first kappa shape index (κ1) is 13.8. The molecule has 3 rings (SSSR count). The van der Waals surface area contributed by atoms with Crippen LogP contribution in [0.5, 0.6) is 11.8 Å². The van der Waals surface area contributed by atoms with Crippen molar-refractivity contribution in [1.82, 2.24) is 19.7 Å². The quantitative estimate of drug-likeness (QED) is 0.801. The van der Waals surface area contributed by atoms with E-state index in [2.05, 4.69) is 27.3 Å². The summed E-state index contributed by atoms with van der Waals surface area (Å²) in [6.45, 7) is 6.76. The van der Waals surface area contributed by atoms with E-state index in [0.29, 0.717) is 17.7 Å². The predicted octanol–water partition coefficient (Wildman–Crippen LogP) is 3.27. The minimum absolute atomic E-state index is 0.559. The number of hydrogen-bond donors (Lipinski definition) is 1. The van der Waals surface area contributed by atoms with Crippen molar-refractivity contribution in [1.29, 1.82) is 0 Å². The van der Waals surface area contributed by atoms with Crippen LogP contribution < -0.4 is 10.1 Å². The smallest absolute Gasteiger partial charge is 0.234 e. The minimum Gasteiger partial charge on any atom is -0.420 e. The van der Waals surface area contributed by atoms with E-state index in [1.54, 1.807) is 16.0 Å². The number of nitrogens with one attached hydrogen (secondary N) is 1. The zero-order valence-electron chi connectivity index (χ0n) is 12.5. The van der Waals surface area contributed by atoms with E-state index in [4.69, 9.17) is 4.74 Å². The standard InChI is InChI=1S/C14H17N5OS/c1-5-15-14-16-12(10-7-9(3)21-13(10)17-14)20-11-6-8(2)18-19(11)4/h6-7H,5H2,1-4H3,(H,15,16,17). The van der Waals surface area contributed by atoms with Gasteiger partial charge in [-0.3, -0.25) is 0 Å². The molecule has 110 valence electrons. The Kier molecular flexibility index (Phi) is 3.50. The van der Waals surface area contributed by atoms with Crippen LogP contribution in [0.4, 0.5) is 5.95 Å². The van der Waals surface area contributed by atoms with Gasteiger partial charge in [0.25, 0.3) is 0 Å². The van der Waals surface area contributed by atoms with Crippen LogP contribution in [0.3, 0.4) is 0 Å². The molecule has 0 radical (unpaired) electrons. The monoisotopic (exact) mass is 303 g/mol. The SMILES string of the molecule is CCNc1nc(Oc2cc(C)nn2C)c2cc(C)sc2n1. The van der Waals surface area contributed by atoms with Gasteiger partial charge in [0.15, 0.2) is 0 Å². The van der Waals surface area contributed by atoms with Crippen LogP contribution in [0.2, 0.25) is 0 Å². The van der Waals surface area contributed by atoms with Gasteiger partial charge in [0.1, 0.15) is 4.83 Å². The zero-order valence-corrected chi connectivity index (χ0v) is 13.3. The van der Waals surface area contributed by atoms with Gasteiger partial charge in [-0.15, -0.1) is 11.3 Å². The lowest BCUT2D eigenvalue weighted by atomic mass is 10.3. The Morgan fingerprint density at radius 3 is 2.76 bits per heavy atom. The van der Waals surface area contributed by atoms with Crippen LogP contribution >= 0.6 is 11.3 Å². The third-order valence-corrected chi connectivity index (χ3v) is 3.92. The van der Waals surface area contributed by atoms with Crippen LogP contribution in [0.25, 0.3) is 10.2 Å². The molecule has 3 aromatic heterocycles. The molecule has 6 nitrogen and oxygen atoms in total. The van der Waals surface area contributed by atoms with Crippen LogP contribution in [-0.4, -0.2) is 26.3 Å². The highest BCUT2D eigenvalue weighted by Crippen LogP contribution is 2.33. The lowest BCUT2D eigenvalue weighted by molar-refractivity contribution is 0.420. The van der Waals surface area contributed by atoms with Crippen molar-refractivity contribution in [2.75, 3.05) is 11.9 Å². The van der Waals surface area contributed by atoms with Gasteiger partial charge in [-0.25, -0.2) is 9.67 Å². The Morgan fingerprint density at radius 2 is 2.10 bits per heavy atom. The van der Waals surface area contributed by atoms with Gasteiger partial charge >= 0.3 is 0 Å². The van der Waals surface area contributed by atoms with Crippen molar-refractivity contribution in [2.45, 2.75) is 20.8 Å². The largest absolute Gasteiger partial charge is 0.420 e. The fourth-order valence-electron chi connectivity index (χ4n) is 2.11.